The van der Waals surface area contributed by atoms with E-state index in [2.05, 4.69) is 0 Å². The van der Waals surface area contributed by atoms with Crippen LogP contribution in [-0.2, 0) is 15.8 Å². The van der Waals surface area contributed by atoms with Crippen LogP contribution >= 0.6 is 0 Å². The summed E-state index contributed by atoms with van der Waals surface area (Å²) in [7, 11) is -3.49. The Labute approximate surface area is 125 Å². The third kappa shape index (κ3) is 3.62. The summed E-state index contributed by atoms with van der Waals surface area (Å²) in [5.74, 6) is 0.0233. The maximum Gasteiger partial charge on any atom is 0.218 e. The monoisotopic (exact) mass is 308 g/mol. The maximum atomic E-state index is 12.6. The van der Waals surface area contributed by atoms with Gasteiger partial charge in [-0.3, -0.25) is 0 Å². The molecule has 1 aliphatic heterocycles. The van der Waals surface area contributed by atoms with E-state index in [9.17, 15) is 13.5 Å². The fourth-order valence-corrected chi connectivity index (χ4v) is 4.71. The van der Waals surface area contributed by atoms with Crippen molar-refractivity contribution in [3.63, 3.8) is 0 Å². The van der Waals surface area contributed by atoms with Gasteiger partial charge in [0.05, 0.1) is 30.0 Å². The number of hydrogen-bond acceptors (Lipinski definition) is 4. The molecule has 2 unspecified atom stereocenters. The van der Waals surface area contributed by atoms with Crippen molar-refractivity contribution in [1.29, 1.82) is 5.26 Å². The van der Waals surface area contributed by atoms with Gasteiger partial charge in [-0.25, -0.2) is 8.42 Å². The van der Waals surface area contributed by atoms with Crippen molar-refractivity contribution < 1.29 is 13.5 Å². The molecule has 0 aromatic heterocycles. The predicted octanol–water partition coefficient (Wildman–Crippen LogP) is 1.48. The second kappa shape index (κ2) is 6.56. The summed E-state index contributed by atoms with van der Waals surface area (Å²) in [4.78, 5) is 0. The number of aliphatic hydroxyl groups is 1. The molecule has 6 heteroatoms. The third-order valence-corrected chi connectivity index (χ3v) is 5.88. The standard InChI is InChI=1S/C15H20N2O3S/c1-12-4-3-7-17(15(12)10-18)21(19,20)11-14-6-2-5-13(8-14)9-16/h2,5-6,8,12,15,18H,3-4,7,10-11H2,1H3. The normalized spacial score (nSPS) is 23.7. The molecule has 1 aliphatic rings. The van der Waals surface area contributed by atoms with Crippen molar-refractivity contribution in [3.8, 4) is 6.07 Å². The van der Waals surface area contributed by atoms with Crippen molar-refractivity contribution in [3.05, 3.63) is 35.4 Å². The van der Waals surface area contributed by atoms with Gasteiger partial charge in [-0.1, -0.05) is 19.1 Å². The fraction of sp³-hybridized carbons (Fsp3) is 0.533. The second-order valence-corrected chi connectivity index (χ2v) is 7.47. The zero-order chi connectivity index (χ0) is 15.5. The first kappa shape index (κ1) is 16.0. The molecule has 1 fully saturated rings. The van der Waals surface area contributed by atoms with Gasteiger partial charge in [0.1, 0.15) is 0 Å². The van der Waals surface area contributed by atoms with Crippen LogP contribution < -0.4 is 0 Å². The van der Waals surface area contributed by atoms with E-state index < -0.39 is 10.0 Å². The summed E-state index contributed by atoms with van der Waals surface area (Å²) in [6.45, 7) is 2.27. The summed E-state index contributed by atoms with van der Waals surface area (Å²) in [5, 5.41) is 18.4. The van der Waals surface area contributed by atoms with Gasteiger partial charge in [0.25, 0.3) is 0 Å². The topological polar surface area (TPSA) is 81.4 Å². The molecule has 0 aliphatic carbocycles. The van der Waals surface area contributed by atoms with Gasteiger partial charge in [-0.15, -0.1) is 0 Å². The smallest absolute Gasteiger partial charge is 0.218 e. The van der Waals surface area contributed by atoms with Gasteiger partial charge in [-0.2, -0.15) is 9.57 Å². The molecule has 5 nitrogen and oxygen atoms in total. The molecule has 0 radical (unpaired) electrons. The van der Waals surface area contributed by atoms with Crippen LogP contribution in [0.5, 0.6) is 0 Å². The number of sulfonamides is 1. The molecule has 114 valence electrons. The molecule has 1 N–H and O–H groups in total. The number of nitrogens with zero attached hydrogens (tertiary/aromatic N) is 2. The summed E-state index contributed by atoms with van der Waals surface area (Å²) >= 11 is 0. The van der Waals surface area contributed by atoms with Crippen LogP contribution in [0.1, 0.15) is 30.9 Å². The van der Waals surface area contributed by atoms with Crippen molar-refractivity contribution >= 4 is 10.0 Å². The molecule has 21 heavy (non-hydrogen) atoms. The van der Waals surface area contributed by atoms with Gasteiger partial charge < -0.3 is 5.11 Å². The number of nitriles is 1. The predicted molar refractivity (Wildman–Crippen MR) is 79.8 cm³/mol. The first-order valence-electron chi connectivity index (χ1n) is 7.07. The lowest BCUT2D eigenvalue weighted by Crippen LogP contribution is -2.49. The van der Waals surface area contributed by atoms with E-state index in [4.69, 9.17) is 5.26 Å². The minimum atomic E-state index is -3.49. The lowest BCUT2D eigenvalue weighted by molar-refractivity contribution is 0.113. The van der Waals surface area contributed by atoms with E-state index in [1.807, 2.05) is 13.0 Å². The molecule has 1 aromatic rings. The highest BCUT2D eigenvalue weighted by molar-refractivity contribution is 7.88. The Morgan fingerprint density at radius 1 is 1.48 bits per heavy atom. The van der Waals surface area contributed by atoms with E-state index in [1.165, 1.54) is 4.31 Å². The second-order valence-electron chi connectivity index (χ2n) is 5.55. The van der Waals surface area contributed by atoms with Gasteiger partial charge >= 0.3 is 0 Å². The third-order valence-electron chi connectivity index (χ3n) is 4.01. The van der Waals surface area contributed by atoms with Gasteiger partial charge in [0.15, 0.2) is 0 Å². The highest BCUT2D eigenvalue weighted by Crippen LogP contribution is 2.27. The molecular weight excluding hydrogens is 288 g/mol. The molecule has 0 amide bonds. The summed E-state index contributed by atoms with van der Waals surface area (Å²) in [5.41, 5.74) is 1.05. The summed E-state index contributed by atoms with van der Waals surface area (Å²) < 4.78 is 26.6. The van der Waals surface area contributed by atoms with E-state index in [0.29, 0.717) is 17.7 Å². The summed E-state index contributed by atoms with van der Waals surface area (Å²) in [6, 6.07) is 8.31. The average Bonchev–Trinajstić information content (AvgIpc) is 2.46. The number of benzene rings is 1. The SMILES string of the molecule is CC1CCCN(S(=O)(=O)Cc2cccc(C#N)c2)C1CO. The molecule has 2 rings (SSSR count). The molecule has 1 heterocycles. The van der Waals surface area contributed by atoms with Crippen molar-refractivity contribution in [2.24, 2.45) is 5.92 Å². The number of hydrogen-bond donors (Lipinski definition) is 1. The molecule has 0 spiro atoms. The van der Waals surface area contributed by atoms with E-state index >= 15 is 0 Å². The highest BCUT2D eigenvalue weighted by atomic mass is 32.2. The van der Waals surface area contributed by atoms with Crippen LogP contribution in [0.15, 0.2) is 24.3 Å². The van der Waals surface area contributed by atoms with Crippen LogP contribution in [0, 0.1) is 17.2 Å². The first-order valence-corrected chi connectivity index (χ1v) is 8.68. The van der Waals surface area contributed by atoms with E-state index in [0.717, 1.165) is 12.8 Å². The summed E-state index contributed by atoms with van der Waals surface area (Å²) in [6.07, 6.45) is 1.75. The number of rotatable bonds is 4. The quantitative estimate of drug-likeness (QED) is 0.913. The van der Waals surface area contributed by atoms with Crippen molar-refractivity contribution in [2.75, 3.05) is 13.2 Å². The average molecular weight is 308 g/mol. The fourth-order valence-electron chi connectivity index (χ4n) is 2.85. The molecule has 0 bridgehead atoms. The molecule has 1 aromatic carbocycles. The molecule has 1 saturated heterocycles. The lowest BCUT2D eigenvalue weighted by Gasteiger charge is -2.37. The molecule has 2 atom stereocenters. The number of piperidine rings is 1. The first-order chi connectivity index (χ1) is 9.97. The van der Waals surface area contributed by atoms with Crippen molar-refractivity contribution in [1.82, 2.24) is 4.31 Å². The van der Waals surface area contributed by atoms with Gasteiger partial charge in [0.2, 0.25) is 10.0 Å². The van der Waals surface area contributed by atoms with Crippen LogP contribution in [0.25, 0.3) is 0 Å². The van der Waals surface area contributed by atoms with E-state index in [1.54, 1.807) is 24.3 Å². The number of aliphatic hydroxyl groups excluding tert-OH is 1. The zero-order valence-corrected chi connectivity index (χ0v) is 12.9. The zero-order valence-electron chi connectivity index (χ0n) is 12.1. The van der Waals surface area contributed by atoms with E-state index in [-0.39, 0.29) is 24.3 Å². The van der Waals surface area contributed by atoms with Crippen LogP contribution in [0.2, 0.25) is 0 Å². The van der Waals surface area contributed by atoms with Crippen LogP contribution in [-0.4, -0.2) is 37.0 Å². The Morgan fingerprint density at radius 3 is 2.90 bits per heavy atom. The highest BCUT2D eigenvalue weighted by Gasteiger charge is 2.35. The van der Waals surface area contributed by atoms with Crippen molar-refractivity contribution in [2.45, 2.75) is 31.6 Å². The minimum absolute atomic E-state index is 0.133. The Hall–Kier alpha value is -1.42. The molecule has 0 saturated carbocycles. The maximum absolute atomic E-state index is 12.6. The largest absolute Gasteiger partial charge is 0.395 e. The minimum Gasteiger partial charge on any atom is -0.395 e. The Morgan fingerprint density at radius 2 is 2.24 bits per heavy atom. The van der Waals surface area contributed by atoms with Gasteiger partial charge in [-0.05, 0) is 36.5 Å². The van der Waals surface area contributed by atoms with Crippen LogP contribution in [0.4, 0.5) is 0 Å². The Bertz CT molecular complexity index is 637. The van der Waals surface area contributed by atoms with Gasteiger partial charge in [0, 0.05) is 6.54 Å². The van der Waals surface area contributed by atoms with Crippen LogP contribution in [0.3, 0.4) is 0 Å². The lowest BCUT2D eigenvalue weighted by atomic mass is 9.93. The molecular formula is C15H20N2O3S. The Balaban J connectivity index is 2.22. The Kier molecular flexibility index (Phi) is 4.99.